The molecule has 0 aliphatic carbocycles. The van der Waals surface area contributed by atoms with Crippen LogP contribution in [0.4, 0.5) is 16.2 Å². The van der Waals surface area contributed by atoms with Crippen molar-refractivity contribution >= 4 is 17.4 Å². The number of para-hydroxylation sites is 1. The highest BCUT2D eigenvalue weighted by molar-refractivity contribution is 5.99. The summed E-state index contributed by atoms with van der Waals surface area (Å²) in [5.41, 5.74) is 2.43. The standard InChI is InChI=1S/C20H22N4O2/c25-19(22-16-4-2-1-3-5-16)23-17-10-14-11-20(26-18(14)21-12-17)13-24-8-6-15(20)7-9-24/h1-5,10,12,15H,6-9,11,13H2,(H2,22,23,25)/t20-/m0/s1. The summed E-state index contributed by atoms with van der Waals surface area (Å²) in [6, 6.07) is 11.1. The molecule has 4 aliphatic heterocycles. The first kappa shape index (κ1) is 15.6. The fraction of sp³-hybridized carbons (Fsp3) is 0.400. The smallest absolute Gasteiger partial charge is 0.323 e. The summed E-state index contributed by atoms with van der Waals surface area (Å²) in [5, 5.41) is 5.69. The van der Waals surface area contributed by atoms with E-state index in [9.17, 15) is 4.79 Å². The van der Waals surface area contributed by atoms with E-state index in [1.54, 1.807) is 6.20 Å². The van der Waals surface area contributed by atoms with Gasteiger partial charge in [-0.15, -0.1) is 0 Å². The number of amides is 2. The van der Waals surface area contributed by atoms with Crippen molar-refractivity contribution in [3.05, 3.63) is 48.2 Å². The lowest BCUT2D eigenvalue weighted by molar-refractivity contribution is -0.0814. The van der Waals surface area contributed by atoms with Gasteiger partial charge in [0.1, 0.15) is 5.60 Å². The Kier molecular flexibility index (Phi) is 3.60. The fourth-order valence-electron chi connectivity index (χ4n) is 4.59. The summed E-state index contributed by atoms with van der Waals surface area (Å²) in [6.07, 6.45) is 4.97. The Hall–Kier alpha value is -2.60. The quantitative estimate of drug-likeness (QED) is 0.873. The molecule has 6 rings (SSSR count). The van der Waals surface area contributed by atoms with Crippen LogP contribution in [-0.2, 0) is 6.42 Å². The molecule has 3 fully saturated rings. The lowest BCUT2D eigenvalue weighted by atomic mass is 9.73. The number of hydrogen-bond acceptors (Lipinski definition) is 4. The maximum Gasteiger partial charge on any atom is 0.323 e. The Morgan fingerprint density at radius 2 is 1.92 bits per heavy atom. The van der Waals surface area contributed by atoms with Gasteiger partial charge in [-0.3, -0.25) is 4.90 Å². The highest BCUT2D eigenvalue weighted by Gasteiger charge is 2.52. The maximum absolute atomic E-state index is 12.2. The topological polar surface area (TPSA) is 66.5 Å². The van der Waals surface area contributed by atoms with Crippen LogP contribution in [0.2, 0.25) is 0 Å². The molecule has 5 heterocycles. The number of piperidine rings is 3. The van der Waals surface area contributed by atoms with Gasteiger partial charge in [-0.1, -0.05) is 18.2 Å². The van der Waals surface area contributed by atoms with Gasteiger partial charge >= 0.3 is 6.03 Å². The van der Waals surface area contributed by atoms with E-state index in [-0.39, 0.29) is 11.6 Å². The summed E-state index contributed by atoms with van der Waals surface area (Å²) in [4.78, 5) is 19.2. The van der Waals surface area contributed by atoms with Crippen molar-refractivity contribution in [1.29, 1.82) is 0 Å². The average molecular weight is 350 g/mol. The third kappa shape index (κ3) is 2.70. The number of aromatic nitrogens is 1. The van der Waals surface area contributed by atoms with Crippen molar-refractivity contribution < 1.29 is 9.53 Å². The number of hydrogen-bond donors (Lipinski definition) is 2. The number of fused-ring (bicyclic) bond motifs is 3. The number of anilines is 2. The van der Waals surface area contributed by atoms with Gasteiger partial charge in [0.2, 0.25) is 5.88 Å². The molecule has 2 bridgehead atoms. The van der Waals surface area contributed by atoms with Crippen LogP contribution < -0.4 is 15.4 Å². The van der Waals surface area contributed by atoms with Crippen molar-refractivity contribution in [2.45, 2.75) is 24.9 Å². The van der Waals surface area contributed by atoms with Crippen molar-refractivity contribution in [2.24, 2.45) is 5.92 Å². The molecule has 1 spiro atoms. The lowest BCUT2D eigenvalue weighted by Crippen LogP contribution is -2.61. The van der Waals surface area contributed by atoms with E-state index in [1.807, 2.05) is 36.4 Å². The van der Waals surface area contributed by atoms with Crippen LogP contribution in [0.5, 0.6) is 5.88 Å². The molecular weight excluding hydrogens is 328 g/mol. The number of ether oxygens (including phenoxy) is 1. The minimum atomic E-state index is -0.269. The molecule has 6 heteroatoms. The average Bonchev–Trinajstić information content (AvgIpc) is 3.00. The number of carbonyl (C=O) groups is 1. The van der Waals surface area contributed by atoms with E-state index in [2.05, 4.69) is 20.5 Å². The van der Waals surface area contributed by atoms with Gasteiger partial charge in [-0.05, 0) is 44.1 Å². The highest BCUT2D eigenvalue weighted by atomic mass is 16.5. The van der Waals surface area contributed by atoms with Crippen molar-refractivity contribution in [2.75, 3.05) is 30.3 Å². The Bertz CT molecular complexity index is 833. The summed E-state index contributed by atoms with van der Waals surface area (Å²) in [5.74, 6) is 1.34. The van der Waals surface area contributed by atoms with Crippen LogP contribution in [0.3, 0.4) is 0 Å². The molecule has 1 aromatic carbocycles. The predicted octanol–water partition coefficient (Wildman–Crippen LogP) is 3.12. The number of benzene rings is 1. The summed E-state index contributed by atoms with van der Waals surface area (Å²) < 4.78 is 6.34. The lowest BCUT2D eigenvalue weighted by Gasteiger charge is -2.50. The molecular formula is C20H22N4O2. The number of nitrogens with one attached hydrogen (secondary N) is 2. The molecule has 6 nitrogen and oxygen atoms in total. The van der Waals surface area contributed by atoms with Crippen LogP contribution in [0.25, 0.3) is 0 Å². The maximum atomic E-state index is 12.2. The van der Waals surface area contributed by atoms with Crippen molar-refractivity contribution in [3.8, 4) is 5.88 Å². The summed E-state index contributed by atoms with van der Waals surface area (Å²) >= 11 is 0. The largest absolute Gasteiger partial charge is 0.469 e. The fourth-order valence-corrected chi connectivity index (χ4v) is 4.59. The van der Waals surface area contributed by atoms with Crippen LogP contribution in [0, 0.1) is 5.92 Å². The zero-order valence-corrected chi connectivity index (χ0v) is 14.6. The first-order valence-electron chi connectivity index (χ1n) is 9.24. The van der Waals surface area contributed by atoms with Crippen molar-refractivity contribution in [3.63, 3.8) is 0 Å². The second kappa shape index (κ2) is 5.99. The molecule has 0 radical (unpaired) electrons. The van der Waals surface area contributed by atoms with E-state index in [1.165, 1.54) is 25.9 Å². The number of urea groups is 1. The first-order chi connectivity index (χ1) is 12.7. The Morgan fingerprint density at radius 3 is 2.65 bits per heavy atom. The van der Waals surface area contributed by atoms with E-state index in [4.69, 9.17) is 4.74 Å². The van der Waals surface area contributed by atoms with Gasteiger partial charge in [0.25, 0.3) is 0 Å². The third-order valence-electron chi connectivity index (χ3n) is 5.83. The molecule has 1 atom stereocenters. The SMILES string of the molecule is O=C(Nc1ccccc1)Nc1cnc2c(c1)C[C@@]1(CN3CCC1CC3)O2. The number of nitrogens with zero attached hydrogens (tertiary/aromatic N) is 2. The van der Waals surface area contributed by atoms with Crippen LogP contribution in [0.1, 0.15) is 18.4 Å². The number of rotatable bonds is 2. The van der Waals surface area contributed by atoms with Gasteiger partial charge in [-0.2, -0.15) is 0 Å². The van der Waals surface area contributed by atoms with Gasteiger partial charge in [0.15, 0.2) is 0 Å². The molecule has 4 aliphatic rings. The normalized spacial score (nSPS) is 28.5. The van der Waals surface area contributed by atoms with E-state index < -0.39 is 0 Å². The van der Waals surface area contributed by atoms with Crippen molar-refractivity contribution in [1.82, 2.24) is 9.88 Å². The molecule has 2 aromatic rings. The number of carbonyl (C=O) groups excluding carboxylic acids is 1. The second-order valence-corrected chi connectivity index (χ2v) is 7.53. The van der Waals surface area contributed by atoms with Crippen LogP contribution >= 0.6 is 0 Å². The second-order valence-electron chi connectivity index (χ2n) is 7.53. The molecule has 26 heavy (non-hydrogen) atoms. The molecule has 0 saturated carbocycles. The Balaban J connectivity index is 1.30. The van der Waals surface area contributed by atoms with E-state index in [0.717, 1.165) is 30.1 Å². The minimum absolute atomic E-state index is 0.114. The molecule has 2 amide bonds. The van der Waals surface area contributed by atoms with Gasteiger partial charge < -0.3 is 15.4 Å². The first-order valence-corrected chi connectivity index (χ1v) is 9.24. The molecule has 3 saturated heterocycles. The Morgan fingerprint density at radius 1 is 1.15 bits per heavy atom. The predicted molar refractivity (Wildman–Crippen MR) is 99.5 cm³/mol. The van der Waals surface area contributed by atoms with E-state index in [0.29, 0.717) is 11.6 Å². The van der Waals surface area contributed by atoms with E-state index >= 15 is 0 Å². The zero-order valence-electron chi connectivity index (χ0n) is 14.6. The monoisotopic (exact) mass is 350 g/mol. The molecule has 2 N–H and O–H groups in total. The Labute approximate surface area is 152 Å². The zero-order chi connectivity index (χ0) is 17.6. The highest BCUT2D eigenvalue weighted by Crippen LogP contribution is 2.46. The number of pyridine rings is 1. The molecule has 1 aromatic heterocycles. The third-order valence-corrected chi connectivity index (χ3v) is 5.83. The molecule has 0 unspecified atom stereocenters. The molecule has 134 valence electrons. The van der Waals surface area contributed by atoms with Crippen LogP contribution in [-0.4, -0.2) is 41.2 Å². The van der Waals surface area contributed by atoms with Gasteiger partial charge in [-0.25, -0.2) is 9.78 Å². The summed E-state index contributed by atoms with van der Waals surface area (Å²) in [7, 11) is 0. The van der Waals surface area contributed by atoms with Crippen LogP contribution in [0.15, 0.2) is 42.6 Å². The minimum Gasteiger partial charge on any atom is -0.469 e. The summed E-state index contributed by atoms with van der Waals surface area (Å²) in [6.45, 7) is 3.36. The van der Waals surface area contributed by atoms with Gasteiger partial charge in [0.05, 0.1) is 11.9 Å². The van der Waals surface area contributed by atoms with Gasteiger partial charge in [0, 0.05) is 30.1 Å².